The first-order chi connectivity index (χ1) is 16.7. The maximum Gasteiger partial charge on any atom is 0.467 e. The van der Waals surface area contributed by atoms with Gasteiger partial charge in [0.1, 0.15) is 13.6 Å². The van der Waals surface area contributed by atoms with E-state index >= 15 is 4.48 Å². The Morgan fingerprint density at radius 1 is 1.00 bits per heavy atom. The van der Waals surface area contributed by atoms with E-state index in [0.717, 1.165) is 11.8 Å². The molecule has 210 valence electrons. The van der Waals surface area contributed by atoms with Gasteiger partial charge >= 0.3 is 33.3 Å². The number of alkyl halides is 9. The van der Waals surface area contributed by atoms with Gasteiger partial charge in [-0.1, -0.05) is 48.6 Å². The topological polar surface area (TPSA) is 54.4 Å². The largest absolute Gasteiger partial charge is 0.467 e. The van der Waals surface area contributed by atoms with E-state index in [1.807, 2.05) is 0 Å². The SMILES string of the molecule is C[N+](F)(CC1(CSCCO)C=CC(c2ccccc2)=CC1)S(=O)(=O)C(F)(F)C(F)(F)C(F)(F)C(F)(F)F. The fraction of sp³-hybridized carbons (Fsp3) is 0.524. The fourth-order valence-electron chi connectivity index (χ4n) is 3.58. The number of allylic oxidation sites excluding steroid dienone is 3. The van der Waals surface area contributed by atoms with Crippen molar-refractivity contribution in [2.24, 2.45) is 5.41 Å². The van der Waals surface area contributed by atoms with E-state index in [4.69, 9.17) is 5.11 Å². The number of hydrogen-bond donors (Lipinski definition) is 1. The van der Waals surface area contributed by atoms with Gasteiger partial charge in [0.25, 0.3) is 0 Å². The summed E-state index contributed by atoms with van der Waals surface area (Å²) in [7, 11) is -7.52. The predicted octanol–water partition coefficient (Wildman–Crippen LogP) is 5.83. The number of rotatable bonds is 11. The van der Waals surface area contributed by atoms with Gasteiger partial charge in [0.15, 0.2) is 0 Å². The number of thioether (sulfide) groups is 1. The zero-order chi connectivity index (χ0) is 28.6. The van der Waals surface area contributed by atoms with Gasteiger partial charge in [-0.3, -0.25) is 0 Å². The molecule has 0 bridgehead atoms. The molecule has 37 heavy (non-hydrogen) atoms. The molecule has 0 aliphatic heterocycles. The predicted molar refractivity (Wildman–Crippen MR) is 117 cm³/mol. The Hall–Kier alpha value is -1.78. The van der Waals surface area contributed by atoms with Crippen LogP contribution in [0.25, 0.3) is 5.57 Å². The Labute approximate surface area is 210 Å². The minimum atomic E-state index is -7.54. The van der Waals surface area contributed by atoms with Crippen molar-refractivity contribution >= 4 is 27.4 Å². The molecule has 4 nitrogen and oxygen atoms in total. The minimum absolute atomic E-state index is 0.0274. The molecule has 2 unspecified atom stereocenters. The highest BCUT2D eigenvalue weighted by atomic mass is 32.2. The zero-order valence-corrected chi connectivity index (χ0v) is 20.6. The molecule has 1 aromatic carbocycles. The first kappa shape index (κ1) is 31.4. The summed E-state index contributed by atoms with van der Waals surface area (Å²) in [6.45, 7) is -1.92. The average Bonchev–Trinajstić information content (AvgIpc) is 2.79. The molecule has 0 heterocycles. The number of aliphatic hydroxyl groups excluding tert-OH is 1. The van der Waals surface area contributed by atoms with Crippen molar-refractivity contribution in [3.63, 3.8) is 0 Å². The van der Waals surface area contributed by atoms with E-state index in [0.29, 0.717) is 11.1 Å². The second-order valence-electron chi connectivity index (χ2n) is 8.48. The second-order valence-corrected chi connectivity index (χ2v) is 11.8. The number of sulfonamides is 1. The van der Waals surface area contributed by atoms with Crippen LogP contribution in [0.5, 0.6) is 0 Å². The highest BCUT2D eigenvalue weighted by Crippen LogP contribution is 2.56. The summed E-state index contributed by atoms with van der Waals surface area (Å²) in [5, 5.41) is 1.84. The second kappa shape index (κ2) is 10.4. The van der Waals surface area contributed by atoms with E-state index in [9.17, 15) is 47.9 Å². The Bertz CT molecular complexity index is 1120. The van der Waals surface area contributed by atoms with E-state index in [1.54, 1.807) is 30.3 Å². The zero-order valence-electron chi connectivity index (χ0n) is 19.0. The van der Waals surface area contributed by atoms with Crippen LogP contribution in [0.4, 0.5) is 44.0 Å². The van der Waals surface area contributed by atoms with Crippen LogP contribution in [-0.4, -0.2) is 72.6 Å². The molecule has 0 aromatic heterocycles. The Kier molecular flexibility index (Phi) is 8.85. The Morgan fingerprint density at radius 2 is 1.57 bits per heavy atom. The van der Waals surface area contributed by atoms with Gasteiger partial charge in [0.05, 0.1) is 12.0 Å². The van der Waals surface area contributed by atoms with Crippen molar-refractivity contribution < 1.29 is 61.6 Å². The third-order valence-corrected chi connectivity index (χ3v) is 8.90. The Balaban J connectivity index is 2.48. The smallest absolute Gasteiger partial charge is 0.396 e. The quantitative estimate of drug-likeness (QED) is 0.200. The van der Waals surface area contributed by atoms with Crippen molar-refractivity contribution in [3.8, 4) is 0 Å². The molecule has 0 saturated heterocycles. The maximum absolute atomic E-state index is 15.4. The van der Waals surface area contributed by atoms with Gasteiger partial charge in [-0.25, -0.2) is 0 Å². The third kappa shape index (κ3) is 5.66. The van der Waals surface area contributed by atoms with Crippen molar-refractivity contribution in [1.29, 1.82) is 0 Å². The summed E-state index contributed by atoms with van der Waals surface area (Å²) >= 11 is 0.921. The molecule has 2 rings (SSSR count). The van der Waals surface area contributed by atoms with E-state index in [-0.39, 0.29) is 31.6 Å². The summed E-state index contributed by atoms with van der Waals surface area (Å²) < 4.78 is 157. The van der Waals surface area contributed by atoms with Crippen LogP contribution in [0.2, 0.25) is 0 Å². The normalized spacial score (nSPS) is 21.5. The third-order valence-electron chi connectivity index (χ3n) is 5.62. The van der Waals surface area contributed by atoms with Gasteiger partial charge in [-0.2, -0.15) is 59.7 Å². The number of benzene rings is 1. The number of aliphatic hydroxyl groups is 1. The molecule has 0 fully saturated rings. The number of nitrogens with zero attached hydrogens (tertiary/aromatic N) is 1. The van der Waals surface area contributed by atoms with Crippen LogP contribution in [0.3, 0.4) is 0 Å². The molecule has 0 amide bonds. The number of halogens is 10. The first-order valence-corrected chi connectivity index (χ1v) is 12.9. The molecule has 0 radical (unpaired) electrons. The lowest BCUT2D eigenvalue weighted by Gasteiger charge is -2.38. The molecule has 0 saturated carbocycles. The summed E-state index contributed by atoms with van der Waals surface area (Å²) in [5.41, 5.74) is -0.464. The van der Waals surface area contributed by atoms with E-state index in [2.05, 4.69) is 0 Å². The van der Waals surface area contributed by atoms with Crippen LogP contribution < -0.4 is 0 Å². The minimum Gasteiger partial charge on any atom is -0.396 e. The summed E-state index contributed by atoms with van der Waals surface area (Å²) in [6, 6.07) is 8.45. The summed E-state index contributed by atoms with van der Waals surface area (Å²) in [5.74, 6) is -15.2. The van der Waals surface area contributed by atoms with E-state index in [1.165, 1.54) is 18.2 Å². The van der Waals surface area contributed by atoms with E-state index < -0.39 is 49.4 Å². The lowest BCUT2D eigenvalue weighted by Crippen LogP contribution is -2.67. The highest BCUT2D eigenvalue weighted by Gasteiger charge is 2.88. The molecule has 1 aliphatic rings. The van der Waals surface area contributed by atoms with Gasteiger partial charge in [-0.15, -0.1) is 0 Å². The molecule has 2 atom stereocenters. The molecule has 1 aromatic rings. The van der Waals surface area contributed by atoms with Crippen molar-refractivity contribution in [3.05, 3.63) is 54.1 Å². The van der Waals surface area contributed by atoms with Gasteiger partial charge in [0.2, 0.25) is 0 Å². The molecule has 1 N–H and O–H groups in total. The van der Waals surface area contributed by atoms with Gasteiger partial charge in [-0.05, 0) is 21.7 Å². The molecule has 0 spiro atoms. The number of quaternary nitrogens is 1. The van der Waals surface area contributed by atoms with Crippen molar-refractivity contribution in [2.75, 3.05) is 31.7 Å². The van der Waals surface area contributed by atoms with Crippen LogP contribution in [-0.2, 0) is 10.0 Å². The average molecular weight is 591 g/mol. The van der Waals surface area contributed by atoms with Crippen molar-refractivity contribution in [1.82, 2.24) is 0 Å². The summed E-state index contributed by atoms with van der Waals surface area (Å²) in [4.78, 5) is 0. The lowest BCUT2D eigenvalue weighted by atomic mass is 9.80. The summed E-state index contributed by atoms with van der Waals surface area (Å²) in [6.07, 6.45) is -3.41. The molecule has 16 heteroatoms. The molecular weight excluding hydrogens is 568 g/mol. The molecule has 1 aliphatic carbocycles. The fourth-order valence-corrected chi connectivity index (χ4v) is 5.92. The highest BCUT2D eigenvalue weighted by molar-refractivity contribution is 7.99. The first-order valence-electron chi connectivity index (χ1n) is 10.3. The number of hydrogen-bond acceptors (Lipinski definition) is 4. The Morgan fingerprint density at radius 3 is 2.03 bits per heavy atom. The monoisotopic (exact) mass is 590 g/mol. The van der Waals surface area contributed by atoms with Crippen molar-refractivity contribution in [2.45, 2.75) is 29.7 Å². The van der Waals surface area contributed by atoms with Crippen LogP contribution in [0.15, 0.2) is 48.6 Å². The van der Waals surface area contributed by atoms with Gasteiger partial charge in [0, 0.05) is 16.0 Å². The van der Waals surface area contributed by atoms with Gasteiger partial charge < -0.3 is 5.11 Å². The maximum atomic E-state index is 15.4. The lowest BCUT2D eigenvalue weighted by molar-refractivity contribution is -0.939. The van der Waals surface area contributed by atoms with Crippen LogP contribution in [0, 0.1) is 5.41 Å². The van der Waals surface area contributed by atoms with Crippen LogP contribution >= 0.6 is 11.8 Å². The van der Waals surface area contributed by atoms with Crippen LogP contribution in [0.1, 0.15) is 12.0 Å². The molecular formula is C21H22F10NO3S2+. The standard InChI is InChI=1S/C21H22F10NO3S2/c1-32(31,37(34,35)21(29,30)19(24,25)18(22,23)20(26,27)28)13-17(14-36-12-11-33)9-7-16(8-10-17)15-5-3-2-4-6-15/h2-9,33H,10-14H2,1H3/q+1.